The topological polar surface area (TPSA) is 54.4 Å². The monoisotopic (exact) mass is 245 g/mol. The van der Waals surface area contributed by atoms with Gasteiger partial charge in [0, 0.05) is 23.7 Å². The Balaban J connectivity index is 2.03. The van der Waals surface area contributed by atoms with Gasteiger partial charge in [0.25, 0.3) is 5.91 Å². The van der Waals surface area contributed by atoms with Gasteiger partial charge in [0.1, 0.15) is 0 Å². The fourth-order valence-electron chi connectivity index (χ4n) is 2.42. The van der Waals surface area contributed by atoms with Crippen molar-refractivity contribution in [1.82, 2.24) is 10.4 Å². The van der Waals surface area contributed by atoms with Gasteiger partial charge >= 0.3 is 0 Å². The van der Waals surface area contributed by atoms with E-state index in [0.29, 0.717) is 17.4 Å². The Morgan fingerprint density at radius 3 is 2.50 bits per heavy atom. The minimum atomic E-state index is -0.171. The van der Waals surface area contributed by atoms with Gasteiger partial charge in [-0.25, -0.2) is 5.43 Å². The molecule has 2 atom stereocenters. The van der Waals surface area contributed by atoms with Crippen LogP contribution in [0.15, 0.2) is 29.6 Å². The lowest BCUT2D eigenvalue weighted by molar-refractivity contribution is 0.0954. The molecule has 0 spiro atoms. The normalized spacial score (nSPS) is 26.0. The van der Waals surface area contributed by atoms with E-state index >= 15 is 0 Å². The Labute approximate surface area is 108 Å². The summed E-state index contributed by atoms with van der Waals surface area (Å²) in [6, 6.07) is 3.37. The van der Waals surface area contributed by atoms with E-state index in [1.807, 2.05) is 0 Å². The summed E-state index contributed by atoms with van der Waals surface area (Å²) >= 11 is 0. The van der Waals surface area contributed by atoms with Crippen molar-refractivity contribution in [1.29, 1.82) is 0 Å². The molecule has 1 amide bonds. The summed E-state index contributed by atoms with van der Waals surface area (Å²) in [4.78, 5) is 15.7. The highest BCUT2D eigenvalue weighted by Gasteiger charge is 2.23. The van der Waals surface area contributed by atoms with Gasteiger partial charge in [-0.05, 0) is 36.8 Å². The Kier molecular flexibility index (Phi) is 4.07. The third-order valence-corrected chi connectivity index (χ3v) is 3.51. The standard InChI is InChI=1S/C14H19N3O/c1-10-4-3-5-11(2)13(10)16-17-14(18)12-6-8-15-9-7-12/h6-11H,3-5H2,1-2H3,(H,17,18)/t10-,11+. The number of pyridine rings is 1. The van der Waals surface area contributed by atoms with Gasteiger partial charge in [0.2, 0.25) is 0 Å². The zero-order chi connectivity index (χ0) is 13.0. The second kappa shape index (κ2) is 5.76. The minimum Gasteiger partial charge on any atom is -0.267 e. The Bertz CT molecular complexity index is 430. The van der Waals surface area contributed by atoms with E-state index in [1.165, 1.54) is 6.42 Å². The van der Waals surface area contributed by atoms with Crippen molar-refractivity contribution in [3.8, 4) is 0 Å². The van der Waals surface area contributed by atoms with Gasteiger partial charge in [0.15, 0.2) is 0 Å². The molecule has 1 aromatic heterocycles. The number of hydrogen-bond donors (Lipinski definition) is 1. The van der Waals surface area contributed by atoms with Crippen LogP contribution >= 0.6 is 0 Å². The molecule has 2 rings (SSSR count). The van der Waals surface area contributed by atoms with Crippen molar-refractivity contribution in [2.24, 2.45) is 16.9 Å². The van der Waals surface area contributed by atoms with Crippen molar-refractivity contribution in [3.05, 3.63) is 30.1 Å². The SMILES string of the molecule is C[C@@H]1CCC[C@H](C)C1=NNC(=O)c1ccncc1. The van der Waals surface area contributed by atoms with E-state index in [9.17, 15) is 4.79 Å². The minimum absolute atomic E-state index is 0.171. The Morgan fingerprint density at radius 2 is 1.89 bits per heavy atom. The van der Waals surface area contributed by atoms with Crippen LogP contribution in [-0.4, -0.2) is 16.6 Å². The van der Waals surface area contributed by atoms with Crippen LogP contribution < -0.4 is 5.43 Å². The smallest absolute Gasteiger partial charge is 0.267 e. The van der Waals surface area contributed by atoms with Crippen LogP contribution in [-0.2, 0) is 0 Å². The van der Waals surface area contributed by atoms with Gasteiger partial charge < -0.3 is 0 Å². The molecule has 0 radical (unpaired) electrons. The molecule has 1 N–H and O–H groups in total. The molecule has 1 fully saturated rings. The first kappa shape index (κ1) is 12.7. The van der Waals surface area contributed by atoms with Gasteiger partial charge in [-0.15, -0.1) is 0 Å². The molecule has 1 aliphatic carbocycles. The summed E-state index contributed by atoms with van der Waals surface area (Å²) < 4.78 is 0. The molecule has 1 aliphatic rings. The number of carbonyl (C=O) groups is 1. The lowest BCUT2D eigenvalue weighted by atomic mass is 9.81. The third-order valence-electron chi connectivity index (χ3n) is 3.51. The number of hydrogen-bond acceptors (Lipinski definition) is 3. The number of nitrogens with zero attached hydrogens (tertiary/aromatic N) is 2. The summed E-state index contributed by atoms with van der Waals surface area (Å²) in [7, 11) is 0. The summed E-state index contributed by atoms with van der Waals surface area (Å²) in [5, 5.41) is 4.32. The molecule has 1 saturated carbocycles. The highest BCUT2D eigenvalue weighted by molar-refractivity contribution is 5.96. The number of nitrogens with one attached hydrogen (secondary N) is 1. The molecule has 1 aromatic rings. The Morgan fingerprint density at radius 1 is 1.28 bits per heavy atom. The third kappa shape index (κ3) is 2.94. The van der Waals surface area contributed by atoms with E-state index in [4.69, 9.17) is 0 Å². The van der Waals surface area contributed by atoms with Crippen LogP contribution in [0.2, 0.25) is 0 Å². The van der Waals surface area contributed by atoms with Crippen molar-refractivity contribution in [2.45, 2.75) is 33.1 Å². The maximum atomic E-state index is 11.9. The highest BCUT2D eigenvalue weighted by Crippen LogP contribution is 2.25. The number of hydrazone groups is 1. The fourth-order valence-corrected chi connectivity index (χ4v) is 2.42. The van der Waals surface area contributed by atoms with Crippen molar-refractivity contribution in [2.75, 3.05) is 0 Å². The lowest BCUT2D eigenvalue weighted by Gasteiger charge is -2.26. The molecule has 96 valence electrons. The molecular weight excluding hydrogens is 226 g/mol. The van der Waals surface area contributed by atoms with Crippen LogP contribution in [0, 0.1) is 11.8 Å². The van der Waals surface area contributed by atoms with Crippen LogP contribution in [0.1, 0.15) is 43.5 Å². The number of aromatic nitrogens is 1. The maximum Gasteiger partial charge on any atom is 0.271 e. The molecule has 1 heterocycles. The molecule has 0 unspecified atom stereocenters. The van der Waals surface area contributed by atoms with Gasteiger partial charge in [-0.2, -0.15) is 5.10 Å². The Hall–Kier alpha value is -1.71. The van der Waals surface area contributed by atoms with Crippen LogP contribution in [0.4, 0.5) is 0 Å². The van der Waals surface area contributed by atoms with Crippen LogP contribution in [0.5, 0.6) is 0 Å². The largest absolute Gasteiger partial charge is 0.271 e. The van der Waals surface area contributed by atoms with Gasteiger partial charge in [-0.3, -0.25) is 9.78 Å². The van der Waals surface area contributed by atoms with Gasteiger partial charge in [-0.1, -0.05) is 20.3 Å². The zero-order valence-electron chi connectivity index (χ0n) is 10.9. The first-order valence-corrected chi connectivity index (χ1v) is 6.46. The average Bonchev–Trinajstić information content (AvgIpc) is 2.39. The molecule has 0 saturated heterocycles. The van der Waals surface area contributed by atoms with E-state index in [2.05, 4.69) is 29.4 Å². The van der Waals surface area contributed by atoms with Gasteiger partial charge in [0.05, 0.1) is 0 Å². The van der Waals surface area contributed by atoms with E-state index in [0.717, 1.165) is 18.6 Å². The van der Waals surface area contributed by atoms with E-state index in [-0.39, 0.29) is 5.91 Å². The summed E-state index contributed by atoms with van der Waals surface area (Å²) in [6.07, 6.45) is 6.78. The molecule has 0 aliphatic heterocycles. The predicted molar refractivity (Wildman–Crippen MR) is 71.3 cm³/mol. The van der Waals surface area contributed by atoms with Crippen molar-refractivity contribution < 1.29 is 4.79 Å². The van der Waals surface area contributed by atoms with Crippen LogP contribution in [0.25, 0.3) is 0 Å². The van der Waals surface area contributed by atoms with Crippen LogP contribution in [0.3, 0.4) is 0 Å². The molecule has 0 aromatic carbocycles. The zero-order valence-corrected chi connectivity index (χ0v) is 10.9. The summed E-state index contributed by atoms with van der Waals surface area (Å²) in [5.74, 6) is 0.757. The van der Waals surface area contributed by atoms with Crippen molar-refractivity contribution >= 4 is 11.6 Å². The number of amides is 1. The molecule has 4 nitrogen and oxygen atoms in total. The number of rotatable bonds is 2. The molecular formula is C14H19N3O. The first-order chi connectivity index (χ1) is 8.68. The molecule has 0 bridgehead atoms. The maximum absolute atomic E-state index is 11.9. The quantitative estimate of drug-likeness (QED) is 0.814. The van der Waals surface area contributed by atoms with E-state index in [1.54, 1.807) is 24.5 Å². The highest BCUT2D eigenvalue weighted by atomic mass is 16.2. The summed E-state index contributed by atoms with van der Waals surface area (Å²) in [6.45, 7) is 4.35. The average molecular weight is 245 g/mol. The number of carbonyl (C=O) groups excluding carboxylic acids is 1. The first-order valence-electron chi connectivity index (χ1n) is 6.46. The summed E-state index contributed by atoms with van der Waals surface area (Å²) in [5.41, 5.74) is 4.35. The molecule has 4 heteroatoms. The lowest BCUT2D eigenvalue weighted by Crippen LogP contribution is -2.29. The predicted octanol–water partition coefficient (Wildman–Crippen LogP) is 2.62. The molecule has 18 heavy (non-hydrogen) atoms. The second-order valence-electron chi connectivity index (χ2n) is 4.95. The van der Waals surface area contributed by atoms with E-state index < -0.39 is 0 Å². The van der Waals surface area contributed by atoms with Crippen molar-refractivity contribution in [3.63, 3.8) is 0 Å². The second-order valence-corrected chi connectivity index (χ2v) is 4.95. The fraction of sp³-hybridized carbons (Fsp3) is 0.500.